The third-order valence-corrected chi connectivity index (χ3v) is 4.02. The molecule has 3 rings (SSSR count). The molecule has 88 valence electrons. The van der Waals surface area contributed by atoms with Crippen molar-refractivity contribution in [3.63, 3.8) is 0 Å². The van der Waals surface area contributed by atoms with E-state index in [9.17, 15) is 5.11 Å². The minimum atomic E-state index is 0.0649. The molecule has 1 saturated carbocycles. The topological polar surface area (TPSA) is 33.1 Å². The molecule has 1 aliphatic carbocycles. The molecule has 1 aliphatic rings. The summed E-state index contributed by atoms with van der Waals surface area (Å²) in [7, 11) is 0. The van der Waals surface area contributed by atoms with Gasteiger partial charge in [-0.25, -0.2) is 0 Å². The minimum absolute atomic E-state index is 0.0649. The molecule has 1 aromatic carbocycles. The van der Waals surface area contributed by atoms with Crippen LogP contribution in [-0.4, -0.2) is 16.7 Å². The maximum Gasteiger partial charge on any atom is 0.0748 e. The van der Waals surface area contributed by atoms with Crippen molar-refractivity contribution in [1.29, 1.82) is 0 Å². The van der Waals surface area contributed by atoms with Gasteiger partial charge in [-0.15, -0.1) is 0 Å². The van der Waals surface area contributed by atoms with Crippen molar-refractivity contribution in [3.8, 4) is 0 Å². The standard InChI is InChI=1S/C14H14ClNO/c15-12-4-3-10-2-1-7-16-13(10)11(12)8-14(9-17)5-6-14/h1-4,7,17H,5-6,8-9H2. The first-order valence-corrected chi connectivity index (χ1v) is 6.25. The van der Waals surface area contributed by atoms with E-state index >= 15 is 0 Å². The van der Waals surface area contributed by atoms with Gasteiger partial charge in [0.15, 0.2) is 0 Å². The molecule has 1 fully saturated rings. The molecular formula is C14H14ClNO. The van der Waals surface area contributed by atoms with Gasteiger partial charge in [-0.2, -0.15) is 0 Å². The van der Waals surface area contributed by atoms with Crippen molar-refractivity contribution < 1.29 is 5.11 Å². The highest BCUT2D eigenvalue weighted by atomic mass is 35.5. The number of aromatic nitrogens is 1. The van der Waals surface area contributed by atoms with Crippen LogP contribution in [0.2, 0.25) is 5.02 Å². The van der Waals surface area contributed by atoms with Gasteiger partial charge in [0.05, 0.1) is 5.52 Å². The van der Waals surface area contributed by atoms with E-state index in [1.165, 1.54) is 0 Å². The molecule has 1 N–H and O–H groups in total. The number of nitrogens with zero attached hydrogens (tertiary/aromatic N) is 1. The van der Waals surface area contributed by atoms with E-state index in [1.807, 2.05) is 24.3 Å². The van der Waals surface area contributed by atoms with Crippen LogP contribution >= 0.6 is 11.6 Å². The molecule has 0 aliphatic heterocycles. The van der Waals surface area contributed by atoms with Gasteiger partial charge in [0, 0.05) is 23.2 Å². The number of hydrogen-bond acceptors (Lipinski definition) is 2. The van der Waals surface area contributed by atoms with Crippen LogP contribution in [0.3, 0.4) is 0 Å². The fraction of sp³-hybridized carbons (Fsp3) is 0.357. The quantitative estimate of drug-likeness (QED) is 0.904. The third-order valence-electron chi connectivity index (χ3n) is 3.67. The number of rotatable bonds is 3. The molecule has 0 bridgehead atoms. The van der Waals surface area contributed by atoms with Crippen LogP contribution in [0, 0.1) is 5.41 Å². The summed E-state index contributed by atoms with van der Waals surface area (Å²) >= 11 is 6.27. The monoisotopic (exact) mass is 247 g/mol. The van der Waals surface area contributed by atoms with E-state index in [1.54, 1.807) is 6.20 Å². The van der Waals surface area contributed by atoms with Crippen molar-refractivity contribution in [2.24, 2.45) is 5.41 Å². The van der Waals surface area contributed by atoms with Crippen LogP contribution < -0.4 is 0 Å². The predicted octanol–water partition coefficient (Wildman–Crippen LogP) is 3.20. The molecule has 3 heteroatoms. The van der Waals surface area contributed by atoms with Gasteiger partial charge in [-0.1, -0.05) is 23.7 Å². The van der Waals surface area contributed by atoms with E-state index < -0.39 is 0 Å². The summed E-state index contributed by atoms with van der Waals surface area (Å²) in [4.78, 5) is 4.42. The molecule has 0 radical (unpaired) electrons. The number of aliphatic hydroxyl groups excluding tert-OH is 1. The molecule has 0 saturated heterocycles. The van der Waals surface area contributed by atoms with Gasteiger partial charge in [0.25, 0.3) is 0 Å². The van der Waals surface area contributed by atoms with Gasteiger partial charge in [-0.3, -0.25) is 4.98 Å². The average Bonchev–Trinajstić information content (AvgIpc) is 3.14. The van der Waals surface area contributed by atoms with E-state index in [4.69, 9.17) is 11.6 Å². The fourth-order valence-electron chi connectivity index (χ4n) is 2.29. The summed E-state index contributed by atoms with van der Waals surface area (Å²) in [6, 6.07) is 7.89. The SMILES string of the molecule is OCC1(Cc2c(Cl)ccc3cccnc23)CC1. The van der Waals surface area contributed by atoms with Crippen molar-refractivity contribution in [2.75, 3.05) is 6.61 Å². The largest absolute Gasteiger partial charge is 0.396 e. The van der Waals surface area contributed by atoms with Gasteiger partial charge in [0.2, 0.25) is 0 Å². The van der Waals surface area contributed by atoms with Crippen LogP contribution in [0.25, 0.3) is 10.9 Å². The highest BCUT2D eigenvalue weighted by molar-refractivity contribution is 6.32. The summed E-state index contributed by atoms with van der Waals surface area (Å²) in [5.74, 6) is 0. The lowest BCUT2D eigenvalue weighted by atomic mass is 9.95. The molecule has 0 unspecified atom stereocenters. The average molecular weight is 248 g/mol. The third kappa shape index (κ3) is 1.92. The Bertz CT molecular complexity index is 563. The van der Waals surface area contributed by atoms with Crippen LogP contribution in [0.1, 0.15) is 18.4 Å². The Hall–Kier alpha value is -1.12. The maximum absolute atomic E-state index is 9.42. The molecule has 2 nitrogen and oxygen atoms in total. The van der Waals surface area contributed by atoms with E-state index in [0.29, 0.717) is 0 Å². The lowest BCUT2D eigenvalue weighted by Gasteiger charge is -2.14. The summed E-state index contributed by atoms with van der Waals surface area (Å²) in [5.41, 5.74) is 2.12. The van der Waals surface area contributed by atoms with Gasteiger partial charge in [-0.05, 0) is 42.4 Å². The molecule has 17 heavy (non-hydrogen) atoms. The van der Waals surface area contributed by atoms with Crippen molar-refractivity contribution in [2.45, 2.75) is 19.3 Å². The number of aliphatic hydroxyl groups is 1. The number of benzene rings is 1. The Labute approximate surface area is 105 Å². The molecule has 0 atom stereocenters. The summed E-state index contributed by atoms with van der Waals surface area (Å²) in [5, 5.41) is 11.3. The zero-order valence-electron chi connectivity index (χ0n) is 9.49. The Morgan fingerprint density at radius 2 is 2.12 bits per heavy atom. The molecule has 0 spiro atoms. The highest BCUT2D eigenvalue weighted by Crippen LogP contribution is 2.49. The first kappa shape index (κ1) is 11.0. The first-order valence-electron chi connectivity index (χ1n) is 5.87. The van der Waals surface area contributed by atoms with Gasteiger partial charge in [0.1, 0.15) is 0 Å². The highest BCUT2D eigenvalue weighted by Gasteiger charge is 2.42. The molecule has 2 aromatic rings. The van der Waals surface area contributed by atoms with Crippen LogP contribution in [0.5, 0.6) is 0 Å². The number of fused-ring (bicyclic) bond motifs is 1. The number of hydrogen-bond donors (Lipinski definition) is 1. The summed E-state index contributed by atoms with van der Waals surface area (Å²) in [6.07, 6.45) is 4.80. The van der Waals surface area contributed by atoms with E-state index in [0.717, 1.165) is 40.8 Å². The Kier molecular flexibility index (Phi) is 2.57. The zero-order valence-corrected chi connectivity index (χ0v) is 10.2. The van der Waals surface area contributed by atoms with Crippen molar-refractivity contribution in [3.05, 3.63) is 41.0 Å². The normalized spacial score (nSPS) is 17.3. The lowest BCUT2D eigenvalue weighted by Crippen LogP contribution is -2.11. The van der Waals surface area contributed by atoms with Gasteiger partial charge < -0.3 is 5.11 Å². The predicted molar refractivity (Wildman–Crippen MR) is 69.2 cm³/mol. The second kappa shape index (κ2) is 3.97. The van der Waals surface area contributed by atoms with Crippen LogP contribution in [-0.2, 0) is 6.42 Å². The minimum Gasteiger partial charge on any atom is -0.396 e. The van der Waals surface area contributed by atoms with Crippen LogP contribution in [0.15, 0.2) is 30.5 Å². The Morgan fingerprint density at radius 3 is 2.82 bits per heavy atom. The number of halogens is 1. The summed E-state index contributed by atoms with van der Waals surface area (Å²) < 4.78 is 0. The second-order valence-electron chi connectivity index (χ2n) is 4.94. The van der Waals surface area contributed by atoms with E-state index in [-0.39, 0.29) is 12.0 Å². The molecule has 1 heterocycles. The number of pyridine rings is 1. The summed E-state index contributed by atoms with van der Waals surface area (Å²) in [6.45, 7) is 0.243. The Balaban J connectivity index is 2.10. The second-order valence-corrected chi connectivity index (χ2v) is 5.34. The molecule has 1 aromatic heterocycles. The van der Waals surface area contributed by atoms with Crippen molar-refractivity contribution >= 4 is 22.5 Å². The first-order chi connectivity index (χ1) is 8.24. The van der Waals surface area contributed by atoms with Crippen LogP contribution in [0.4, 0.5) is 0 Å². The van der Waals surface area contributed by atoms with Gasteiger partial charge >= 0.3 is 0 Å². The lowest BCUT2D eigenvalue weighted by molar-refractivity contribution is 0.211. The molecular weight excluding hydrogens is 234 g/mol. The Morgan fingerprint density at radius 1 is 1.29 bits per heavy atom. The van der Waals surface area contributed by atoms with E-state index in [2.05, 4.69) is 4.98 Å². The zero-order chi connectivity index (χ0) is 11.9. The van der Waals surface area contributed by atoms with Crippen molar-refractivity contribution in [1.82, 2.24) is 4.98 Å². The fourth-order valence-corrected chi connectivity index (χ4v) is 2.51. The molecule has 0 amide bonds. The smallest absolute Gasteiger partial charge is 0.0748 e. The maximum atomic E-state index is 9.42.